The first-order chi connectivity index (χ1) is 9.38. The van der Waals surface area contributed by atoms with Gasteiger partial charge in [0.25, 0.3) is 0 Å². The molecule has 0 radical (unpaired) electrons. The molecule has 8 heteroatoms. The molecule has 1 atom stereocenters. The quantitative estimate of drug-likeness (QED) is 0.662. The summed E-state index contributed by atoms with van der Waals surface area (Å²) in [5.74, 6) is 0. The Bertz CT molecular complexity index is 624. The Hall–Kier alpha value is -1.15. The zero-order chi connectivity index (χ0) is 14.9. The number of nitrogens with zero attached hydrogens (tertiary/aromatic N) is 2. The third kappa shape index (κ3) is 3.29. The molecule has 2 aromatic heterocycles. The van der Waals surface area contributed by atoms with Crippen LogP contribution in [-0.4, -0.2) is 17.1 Å². The number of anilines is 1. The van der Waals surface area contributed by atoms with Gasteiger partial charge in [-0.1, -0.05) is 11.6 Å². The second kappa shape index (κ2) is 6.09. The zero-order valence-corrected chi connectivity index (χ0v) is 13.3. The number of hydrogen-bond acceptors (Lipinski definition) is 6. The van der Waals surface area contributed by atoms with Crippen LogP contribution in [0.2, 0.25) is 4.34 Å². The highest BCUT2D eigenvalue weighted by Crippen LogP contribution is 2.40. The van der Waals surface area contributed by atoms with E-state index in [-0.39, 0.29) is 5.69 Å². The molecule has 0 spiro atoms. The number of aliphatic hydroxyl groups is 1. The van der Waals surface area contributed by atoms with Gasteiger partial charge in [-0.15, -0.1) is 22.7 Å². The monoisotopic (exact) mass is 332 g/mol. The number of halogens is 1. The highest BCUT2D eigenvalue weighted by Gasteiger charge is 2.24. The van der Waals surface area contributed by atoms with Crippen LogP contribution in [0.25, 0.3) is 0 Å². The van der Waals surface area contributed by atoms with Crippen LogP contribution in [-0.2, 0) is 6.54 Å². The van der Waals surface area contributed by atoms with Crippen LogP contribution in [0.5, 0.6) is 0 Å². The molecule has 2 rings (SSSR count). The molecule has 108 valence electrons. The predicted molar refractivity (Wildman–Crippen MR) is 83.0 cm³/mol. The van der Waals surface area contributed by atoms with Gasteiger partial charge < -0.3 is 10.0 Å². The fourth-order valence-corrected chi connectivity index (χ4v) is 3.91. The van der Waals surface area contributed by atoms with Gasteiger partial charge in [0, 0.05) is 22.9 Å². The van der Waals surface area contributed by atoms with Crippen molar-refractivity contribution in [2.45, 2.75) is 19.6 Å². The molecule has 0 saturated carbocycles. The third-order valence-electron chi connectivity index (χ3n) is 2.69. The Balaban J connectivity index is 2.28. The Morgan fingerprint density at radius 3 is 2.70 bits per heavy atom. The molecule has 0 saturated heterocycles. The van der Waals surface area contributed by atoms with Crippen LogP contribution in [0.1, 0.15) is 22.8 Å². The summed E-state index contributed by atoms with van der Waals surface area (Å²) in [5.41, 5.74) is 0.0241. The summed E-state index contributed by atoms with van der Waals surface area (Å²) in [6, 6.07) is 5.14. The molecule has 0 fully saturated rings. The summed E-state index contributed by atoms with van der Waals surface area (Å²) < 4.78 is 0.693. The minimum Gasteiger partial charge on any atom is -0.388 e. The van der Waals surface area contributed by atoms with E-state index in [1.54, 1.807) is 24.9 Å². The van der Waals surface area contributed by atoms with Gasteiger partial charge in [0.2, 0.25) is 0 Å². The number of nitro groups is 1. The topological polar surface area (TPSA) is 66.6 Å². The fraction of sp³-hybridized carbons (Fsp3) is 0.333. The number of hydrogen-bond donors (Lipinski definition) is 1. The van der Waals surface area contributed by atoms with Crippen LogP contribution in [0, 0.1) is 10.1 Å². The molecule has 1 N–H and O–H groups in total. The number of rotatable bonds is 5. The molecule has 0 bridgehead atoms. The summed E-state index contributed by atoms with van der Waals surface area (Å²) in [5, 5.41) is 21.2. The molecule has 2 heterocycles. The molecule has 0 aromatic carbocycles. The van der Waals surface area contributed by atoms with Gasteiger partial charge in [-0.2, -0.15) is 0 Å². The average Bonchev–Trinajstić information content (AvgIpc) is 2.95. The largest absolute Gasteiger partial charge is 0.388 e. The summed E-state index contributed by atoms with van der Waals surface area (Å²) in [4.78, 5) is 14.1. The molecule has 0 amide bonds. The van der Waals surface area contributed by atoms with Crippen LogP contribution < -0.4 is 4.90 Å². The first-order valence-corrected chi connectivity index (χ1v) is 7.81. The lowest BCUT2D eigenvalue weighted by Crippen LogP contribution is -2.15. The lowest BCUT2D eigenvalue weighted by Gasteiger charge is -2.15. The van der Waals surface area contributed by atoms with Crippen LogP contribution >= 0.6 is 34.3 Å². The Morgan fingerprint density at radius 1 is 1.50 bits per heavy atom. The highest BCUT2D eigenvalue weighted by atomic mass is 35.5. The summed E-state index contributed by atoms with van der Waals surface area (Å²) in [7, 11) is 1.79. The SMILES string of the molecule is C[C@@H](O)c1cc([N+](=O)[O-])c(N(C)Cc2ccc(Cl)s2)s1. The minimum absolute atomic E-state index is 0.0241. The average molecular weight is 333 g/mol. The molecule has 20 heavy (non-hydrogen) atoms. The van der Waals surface area contributed by atoms with Gasteiger partial charge in [-0.25, -0.2) is 0 Å². The van der Waals surface area contributed by atoms with E-state index in [9.17, 15) is 15.2 Å². The first-order valence-electron chi connectivity index (χ1n) is 5.80. The Labute approximate surface area is 129 Å². The van der Waals surface area contributed by atoms with Crippen LogP contribution in [0.3, 0.4) is 0 Å². The lowest BCUT2D eigenvalue weighted by atomic mass is 10.3. The molecule has 5 nitrogen and oxygen atoms in total. The zero-order valence-electron chi connectivity index (χ0n) is 10.9. The van der Waals surface area contributed by atoms with Gasteiger partial charge in [-0.3, -0.25) is 10.1 Å². The minimum atomic E-state index is -0.711. The molecule has 0 aliphatic heterocycles. The standard InChI is InChI=1S/C12H13ClN2O3S2/c1-7(16)10-5-9(15(17)18)12(20-10)14(2)6-8-3-4-11(13)19-8/h3-5,7,16H,6H2,1-2H3/t7-/m1/s1. The number of aliphatic hydroxyl groups excluding tert-OH is 1. The number of thiophene rings is 2. The normalized spacial score (nSPS) is 12.4. The summed E-state index contributed by atoms with van der Waals surface area (Å²) in [6.45, 7) is 2.14. The van der Waals surface area contributed by atoms with E-state index in [0.717, 1.165) is 4.88 Å². The van der Waals surface area contributed by atoms with Crippen molar-refractivity contribution in [1.29, 1.82) is 0 Å². The molecular weight excluding hydrogens is 320 g/mol. The Morgan fingerprint density at radius 2 is 2.20 bits per heavy atom. The smallest absolute Gasteiger partial charge is 0.304 e. The van der Waals surface area contributed by atoms with E-state index in [1.807, 2.05) is 6.07 Å². The predicted octanol–water partition coefficient (Wildman–Crippen LogP) is 4.06. The maximum atomic E-state index is 11.1. The fourth-order valence-electron chi connectivity index (χ4n) is 1.74. The molecule has 0 aliphatic rings. The third-order valence-corrected chi connectivity index (χ3v) is 5.31. The van der Waals surface area contributed by atoms with Gasteiger partial charge >= 0.3 is 5.69 Å². The van der Waals surface area contributed by atoms with Gasteiger partial charge in [-0.05, 0) is 19.1 Å². The van der Waals surface area contributed by atoms with Crippen LogP contribution in [0.15, 0.2) is 18.2 Å². The molecule has 2 aromatic rings. The maximum absolute atomic E-state index is 11.1. The van der Waals surface area contributed by atoms with E-state index in [4.69, 9.17) is 11.6 Å². The van der Waals surface area contributed by atoms with Crippen molar-refractivity contribution in [3.8, 4) is 0 Å². The first kappa shape index (κ1) is 15.2. The maximum Gasteiger partial charge on any atom is 0.304 e. The van der Waals surface area contributed by atoms with Crippen molar-refractivity contribution in [2.24, 2.45) is 0 Å². The van der Waals surface area contributed by atoms with Crippen molar-refractivity contribution >= 4 is 45.0 Å². The van der Waals surface area contributed by atoms with E-state index in [2.05, 4.69) is 0 Å². The van der Waals surface area contributed by atoms with Gasteiger partial charge in [0.1, 0.15) is 0 Å². The van der Waals surface area contributed by atoms with E-state index < -0.39 is 11.0 Å². The van der Waals surface area contributed by atoms with Crippen molar-refractivity contribution < 1.29 is 10.0 Å². The summed E-state index contributed by atoms with van der Waals surface area (Å²) in [6.07, 6.45) is -0.711. The van der Waals surface area contributed by atoms with Crippen molar-refractivity contribution in [1.82, 2.24) is 0 Å². The second-order valence-electron chi connectivity index (χ2n) is 4.33. The van der Waals surface area contributed by atoms with Crippen molar-refractivity contribution in [3.63, 3.8) is 0 Å². The highest BCUT2D eigenvalue weighted by molar-refractivity contribution is 7.17. The second-order valence-corrected chi connectivity index (χ2v) is 7.20. The van der Waals surface area contributed by atoms with Gasteiger partial charge in [0.15, 0.2) is 5.00 Å². The van der Waals surface area contributed by atoms with E-state index in [1.165, 1.54) is 28.7 Å². The molecular formula is C12H13ClN2O3S2. The lowest BCUT2D eigenvalue weighted by molar-refractivity contribution is -0.383. The molecule has 0 unspecified atom stereocenters. The van der Waals surface area contributed by atoms with Crippen molar-refractivity contribution in [3.05, 3.63) is 42.4 Å². The van der Waals surface area contributed by atoms with Gasteiger partial charge in [0.05, 0.1) is 21.9 Å². The van der Waals surface area contributed by atoms with E-state index >= 15 is 0 Å². The Kier molecular flexibility index (Phi) is 4.64. The molecule has 0 aliphatic carbocycles. The van der Waals surface area contributed by atoms with E-state index in [0.29, 0.717) is 20.8 Å². The summed E-state index contributed by atoms with van der Waals surface area (Å²) >= 11 is 8.56. The van der Waals surface area contributed by atoms with Crippen molar-refractivity contribution in [2.75, 3.05) is 11.9 Å². The van der Waals surface area contributed by atoms with Crippen LogP contribution in [0.4, 0.5) is 10.7 Å².